The first-order chi connectivity index (χ1) is 13.4. The Balaban J connectivity index is 1.51. The van der Waals surface area contributed by atoms with Gasteiger partial charge in [0, 0.05) is 30.4 Å². The van der Waals surface area contributed by atoms with Gasteiger partial charge in [0.25, 0.3) is 0 Å². The lowest BCUT2D eigenvalue weighted by molar-refractivity contribution is -0.120. The summed E-state index contributed by atoms with van der Waals surface area (Å²) in [6.45, 7) is 3.24. The summed E-state index contributed by atoms with van der Waals surface area (Å²) in [5.41, 5.74) is 3.33. The second kappa shape index (κ2) is 7.65. The van der Waals surface area contributed by atoms with Gasteiger partial charge in [0.1, 0.15) is 0 Å². The predicted molar refractivity (Wildman–Crippen MR) is 103 cm³/mol. The summed E-state index contributed by atoms with van der Waals surface area (Å²) >= 11 is 0. The lowest BCUT2D eigenvalue weighted by atomic mass is 9.87. The van der Waals surface area contributed by atoms with Crippen molar-refractivity contribution in [3.63, 3.8) is 0 Å². The summed E-state index contributed by atoms with van der Waals surface area (Å²) < 4.78 is 32.7. The molecule has 2 heterocycles. The quantitative estimate of drug-likeness (QED) is 0.803. The molecule has 1 fully saturated rings. The average molecular weight is 404 g/mol. The number of nitrogens with one attached hydrogen (secondary N) is 2. The highest BCUT2D eigenvalue weighted by molar-refractivity contribution is 7.89. The van der Waals surface area contributed by atoms with E-state index in [1.54, 1.807) is 31.3 Å². The highest BCUT2D eigenvalue weighted by Gasteiger charge is 2.29. The van der Waals surface area contributed by atoms with Gasteiger partial charge in [0.2, 0.25) is 15.9 Å². The summed E-state index contributed by atoms with van der Waals surface area (Å²) in [5, 5.41) is 9.90. The molecule has 2 aliphatic rings. The zero-order valence-corrected chi connectivity index (χ0v) is 16.6. The number of sulfonamides is 1. The zero-order valence-electron chi connectivity index (χ0n) is 15.8. The second-order valence-electron chi connectivity index (χ2n) is 7.30. The molecule has 0 saturated carbocycles. The molecule has 9 heteroatoms. The van der Waals surface area contributed by atoms with Crippen molar-refractivity contribution in [1.82, 2.24) is 14.5 Å². The van der Waals surface area contributed by atoms with Crippen LogP contribution < -0.4 is 5.32 Å². The molecule has 2 N–H and O–H groups in total. The van der Waals surface area contributed by atoms with Gasteiger partial charge in [-0.15, -0.1) is 0 Å². The number of rotatable bonds is 4. The molecule has 1 atom stereocenters. The van der Waals surface area contributed by atoms with Crippen molar-refractivity contribution in [1.29, 1.82) is 0 Å². The zero-order chi connectivity index (χ0) is 19.7. The minimum absolute atomic E-state index is 0.0922. The Morgan fingerprint density at radius 2 is 2.11 bits per heavy atom. The van der Waals surface area contributed by atoms with Crippen LogP contribution >= 0.6 is 0 Å². The Labute approximate surface area is 164 Å². The minimum atomic E-state index is -3.62. The monoisotopic (exact) mass is 404 g/mol. The van der Waals surface area contributed by atoms with Gasteiger partial charge >= 0.3 is 0 Å². The maximum absolute atomic E-state index is 13.0. The van der Waals surface area contributed by atoms with Gasteiger partial charge < -0.3 is 10.1 Å². The standard InChI is InChI=1S/C19H24N4O4S/c1-13-2-4-16(11-18(13)28(25,26)23-6-8-27-9-7-23)21-19(24)14-3-5-17-15(10-14)12-20-22-17/h2,4,11-12,14H,3,5-10H2,1H3,(H,20,22)(H,21,24)/t14-/m1/s1. The Morgan fingerprint density at radius 3 is 2.89 bits per heavy atom. The number of aromatic nitrogens is 2. The van der Waals surface area contributed by atoms with E-state index in [9.17, 15) is 13.2 Å². The van der Waals surface area contributed by atoms with Gasteiger partial charge in [0.05, 0.1) is 24.3 Å². The number of anilines is 1. The van der Waals surface area contributed by atoms with Gasteiger partial charge in [-0.1, -0.05) is 6.07 Å². The SMILES string of the molecule is Cc1ccc(NC(=O)[C@@H]2CCc3[nH]ncc3C2)cc1S(=O)(=O)N1CCOCC1. The van der Waals surface area contributed by atoms with Crippen molar-refractivity contribution in [3.8, 4) is 0 Å². The largest absolute Gasteiger partial charge is 0.379 e. The van der Waals surface area contributed by atoms with Crippen LogP contribution in [-0.2, 0) is 32.4 Å². The third-order valence-corrected chi connectivity index (χ3v) is 7.47. The van der Waals surface area contributed by atoms with E-state index in [0.29, 0.717) is 44.0 Å². The number of morpholine rings is 1. The van der Waals surface area contributed by atoms with Crippen LogP contribution in [0.15, 0.2) is 29.3 Å². The van der Waals surface area contributed by atoms with E-state index in [0.717, 1.165) is 24.1 Å². The normalized spacial score (nSPS) is 20.5. The summed E-state index contributed by atoms with van der Waals surface area (Å²) in [6.07, 6.45) is 3.94. The van der Waals surface area contributed by atoms with Crippen LogP contribution in [-0.4, -0.2) is 55.1 Å². The summed E-state index contributed by atoms with van der Waals surface area (Å²) in [7, 11) is -3.62. The van der Waals surface area contributed by atoms with Crippen molar-refractivity contribution in [2.45, 2.75) is 31.1 Å². The first-order valence-electron chi connectivity index (χ1n) is 9.45. The van der Waals surface area contributed by atoms with E-state index < -0.39 is 10.0 Å². The first-order valence-corrected chi connectivity index (χ1v) is 10.9. The van der Waals surface area contributed by atoms with E-state index in [2.05, 4.69) is 15.5 Å². The fraction of sp³-hybridized carbons (Fsp3) is 0.474. The van der Waals surface area contributed by atoms with E-state index in [1.807, 2.05) is 0 Å². The number of amides is 1. The number of carbonyl (C=O) groups excluding carboxylic acids is 1. The highest BCUT2D eigenvalue weighted by Crippen LogP contribution is 2.27. The maximum atomic E-state index is 13.0. The maximum Gasteiger partial charge on any atom is 0.243 e. The molecule has 2 aromatic rings. The molecule has 0 spiro atoms. The average Bonchev–Trinajstić information content (AvgIpc) is 3.18. The topological polar surface area (TPSA) is 104 Å². The second-order valence-corrected chi connectivity index (χ2v) is 9.21. The van der Waals surface area contributed by atoms with Gasteiger partial charge in [-0.25, -0.2) is 8.42 Å². The molecule has 0 unspecified atom stereocenters. The predicted octanol–water partition coefficient (Wildman–Crippen LogP) is 1.48. The third kappa shape index (κ3) is 3.69. The van der Waals surface area contributed by atoms with Crippen LogP contribution in [0.2, 0.25) is 0 Å². The van der Waals surface area contributed by atoms with Crippen LogP contribution in [0.1, 0.15) is 23.2 Å². The molecule has 150 valence electrons. The summed E-state index contributed by atoms with van der Waals surface area (Å²) in [6, 6.07) is 5.04. The lowest BCUT2D eigenvalue weighted by Gasteiger charge is -2.27. The van der Waals surface area contributed by atoms with Crippen molar-refractivity contribution in [3.05, 3.63) is 41.2 Å². The number of carbonyl (C=O) groups is 1. The number of hydrogen-bond donors (Lipinski definition) is 2. The Kier molecular flexibility index (Phi) is 5.22. The van der Waals surface area contributed by atoms with Crippen LogP contribution in [0.3, 0.4) is 0 Å². The van der Waals surface area contributed by atoms with Gasteiger partial charge in [-0.05, 0) is 49.4 Å². The number of hydrogen-bond acceptors (Lipinski definition) is 5. The number of H-pyrrole nitrogens is 1. The number of aromatic amines is 1. The molecule has 1 aromatic heterocycles. The smallest absolute Gasteiger partial charge is 0.243 e. The Hall–Kier alpha value is -2.23. The van der Waals surface area contributed by atoms with Gasteiger partial charge in [0.15, 0.2) is 0 Å². The lowest BCUT2D eigenvalue weighted by Crippen LogP contribution is -2.40. The minimum Gasteiger partial charge on any atom is -0.379 e. The number of benzene rings is 1. The van der Waals surface area contributed by atoms with Gasteiger partial charge in [-0.2, -0.15) is 9.40 Å². The number of aryl methyl sites for hydroxylation is 2. The molecule has 1 amide bonds. The van der Waals surface area contributed by atoms with Crippen molar-refractivity contribution in [2.75, 3.05) is 31.6 Å². The third-order valence-electron chi connectivity index (χ3n) is 5.43. The summed E-state index contributed by atoms with van der Waals surface area (Å²) in [5.74, 6) is -0.240. The van der Waals surface area contributed by atoms with Crippen LogP contribution in [0.25, 0.3) is 0 Å². The van der Waals surface area contributed by atoms with Crippen molar-refractivity contribution < 1.29 is 17.9 Å². The Bertz CT molecular complexity index is 980. The van der Waals surface area contributed by atoms with E-state index >= 15 is 0 Å². The number of nitrogens with zero attached hydrogens (tertiary/aromatic N) is 2. The van der Waals surface area contributed by atoms with Crippen LogP contribution in [0.4, 0.5) is 5.69 Å². The molecule has 1 aliphatic carbocycles. The van der Waals surface area contributed by atoms with E-state index in [4.69, 9.17) is 4.74 Å². The molecule has 1 aromatic carbocycles. The fourth-order valence-electron chi connectivity index (χ4n) is 3.77. The van der Waals surface area contributed by atoms with E-state index in [-0.39, 0.29) is 16.7 Å². The van der Waals surface area contributed by atoms with Crippen molar-refractivity contribution in [2.24, 2.45) is 5.92 Å². The molecule has 28 heavy (non-hydrogen) atoms. The molecule has 1 aliphatic heterocycles. The van der Waals surface area contributed by atoms with Gasteiger partial charge in [-0.3, -0.25) is 9.89 Å². The van der Waals surface area contributed by atoms with Crippen molar-refractivity contribution >= 4 is 21.6 Å². The molecule has 8 nitrogen and oxygen atoms in total. The highest BCUT2D eigenvalue weighted by atomic mass is 32.2. The first kappa shape index (κ1) is 19.1. The molecular formula is C19H24N4O4S. The Morgan fingerprint density at radius 1 is 1.32 bits per heavy atom. The van der Waals surface area contributed by atoms with E-state index in [1.165, 1.54) is 4.31 Å². The molecular weight excluding hydrogens is 380 g/mol. The molecule has 4 rings (SSSR count). The molecule has 1 saturated heterocycles. The molecule has 0 bridgehead atoms. The number of fused-ring (bicyclic) bond motifs is 1. The number of ether oxygens (including phenoxy) is 1. The fourth-order valence-corrected chi connectivity index (χ4v) is 5.42. The van der Waals surface area contributed by atoms with Crippen LogP contribution in [0.5, 0.6) is 0 Å². The molecule has 0 radical (unpaired) electrons. The van der Waals surface area contributed by atoms with Crippen LogP contribution in [0, 0.1) is 12.8 Å². The summed E-state index contributed by atoms with van der Waals surface area (Å²) in [4.78, 5) is 13.0.